The summed E-state index contributed by atoms with van der Waals surface area (Å²) in [6.07, 6.45) is -0.104. The van der Waals surface area contributed by atoms with Gasteiger partial charge in [0, 0.05) is 76.7 Å². The van der Waals surface area contributed by atoms with E-state index in [1.54, 1.807) is 45.6 Å². The number of piperidine rings is 1. The fourth-order valence-electron chi connectivity index (χ4n) is 12.3. The van der Waals surface area contributed by atoms with E-state index < -0.39 is 64.2 Å². The molecule has 1 saturated heterocycles. The Bertz CT molecular complexity index is 1460. The molecule has 1 spiro atoms. The summed E-state index contributed by atoms with van der Waals surface area (Å²) in [6, 6.07) is 6.24. The standard InChI is InChI=1S/C35H48N2O10/c1-7-37-16-32(17-46-30(40)20-10-8-9-11-23(20)36-18(2)38)13-12-25(44-5)34-22-14-21-24(43-4)15-33(41,26(22)27(21)47-19(3)39)35(42,31(34)37)29(45-6)28(32)34/h8-11,21-22,24-29,31,41-42H,7,12-17H2,1-6H3,(H,36,38)/t21-,22+,24-,25-,26+,27-,28+,29-,31-,32-,33+,34-,35-/m0/s1. The minimum atomic E-state index is -1.78. The number of nitrogens with zero attached hydrogens (tertiary/aromatic N) is 1. The predicted octanol–water partition coefficient (Wildman–Crippen LogP) is 2.01. The largest absolute Gasteiger partial charge is 0.462 e. The van der Waals surface area contributed by atoms with Crippen LogP contribution in [0.5, 0.6) is 0 Å². The van der Waals surface area contributed by atoms with Gasteiger partial charge >= 0.3 is 11.9 Å². The van der Waals surface area contributed by atoms with E-state index in [1.807, 2.05) is 6.92 Å². The summed E-state index contributed by atoms with van der Waals surface area (Å²) < 4.78 is 31.0. The molecule has 1 aromatic carbocycles. The molecule has 6 aliphatic rings. The Balaban J connectivity index is 1.37. The quantitative estimate of drug-likeness (QED) is 0.335. The van der Waals surface area contributed by atoms with Gasteiger partial charge in [0.05, 0.1) is 42.2 Å². The van der Waals surface area contributed by atoms with Crippen molar-refractivity contribution in [1.29, 1.82) is 0 Å². The number of likely N-dealkylation sites (tertiary alicyclic amines) is 1. The fraction of sp³-hybridized carbons (Fsp3) is 0.743. The molecule has 0 radical (unpaired) electrons. The first-order valence-electron chi connectivity index (χ1n) is 16.9. The van der Waals surface area contributed by atoms with Crippen molar-refractivity contribution in [2.75, 3.05) is 46.3 Å². The van der Waals surface area contributed by atoms with Crippen LogP contribution in [0.1, 0.15) is 56.8 Å². The van der Waals surface area contributed by atoms with Gasteiger partial charge in [-0.25, -0.2) is 4.79 Å². The van der Waals surface area contributed by atoms with Crippen LogP contribution in [0.25, 0.3) is 0 Å². The van der Waals surface area contributed by atoms with Crippen LogP contribution in [0, 0.1) is 34.5 Å². The van der Waals surface area contributed by atoms with Gasteiger partial charge in [0.1, 0.15) is 17.3 Å². The van der Waals surface area contributed by atoms with Crippen LogP contribution in [0.4, 0.5) is 5.69 Å². The van der Waals surface area contributed by atoms with Gasteiger partial charge < -0.3 is 39.2 Å². The third-order valence-corrected chi connectivity index (χ3v) is 13.3. The molecule has 1 amide bonds. The number of esters is 2. The highest BCUT2D eigenvalue weighted by Crippen LogP contribution is 2.80. The van der Waals surface area contributed by atoms with Crippen LogP contribution in [0.3, 0.4) is 0 Å². The summed E-state index contributed by atoms with van der Waals surface area (Å²) in [4.78, 5) is 40.4. The van der Waals surface area contributed by atoms with E-state index in [1.165, 1.54) is 13.8 Å². The first kappa shape index (κ1) is 32.9. The van der Waals surface area contributed by atoms with Gasteiger partial charge in [0.2, 0.25) is 5.91 Å². The summed E-state index contributed by atoms with van der Waals surface area (Å²) >= 11 is 0. The lowest BCUT2D eigenvalue weighted by Crippen LogP contribution is -2.82. The third-order valence-electron chi connectivity index (χ3n) is 13.3. The summed E-state index contributed by atoms with van der Waals surface area (Å²) in [6.45, 7) is 5.97. The number of para-hydroxylation sites is 1. The number of aliphatic hydroxyl groups is 2. The number of carbonyl (C=O) groups excluding carboxylic acids is 3. The number of fused-ring (bicyclic) bond motifs is 2. The number of hydrogen-bond donors (Lipinski definition) is 3. The molecule has 1 aliphatic heterocycles. The highest BCUT2D eigenvalue weighted by molar-refractivity contribution is 6.00. The van der Waals surface area contributed by atoms with E-state index in [0.29, 0.717) is 38.0 Å². The summed E-state index contributed by atoms with van der Waals surface area (Å²) in [5, 5.41) is 29.3. The van der Waals surface area contributed by atoms with Crippen molar-refractivity contribution >= 4 is 23.5 Å². The Morgan fingerprint density at radius 1 is 1.06 bits per heavy atom. The number of anilines is 1. The normalized spacial score (nSPS) is 45.7. The van der Waals surface area contributed by atoms with Crippen molar-refractivity contribution in [3.05, 3.63) is 29.8 Å². The minimum absolute atomic E-state index is 0.0512. The SMILES string of the molecule is CCN1C[C@]2(COC(=O)c3ccccc3NC(C)=O)CC[C@H](OC)[C@@]34[C@@H]5C[C@@H]6[C@H](OC(C)=O)[C@@H]5[C@](O)(C[C@@H]6OC)[C@](O)([C@@H](OC)[C@H]23)[C@@H]14. The molecule has 12 heteroatoms. The Hall–Kier alpha value is -2.61. The topological polar surface area (TPSA) is 153 Å². The second-order valence-corrected chi connectivity index (χ2v) is 14.9. The van der Waals surface area contributed by atoms with Crippen molar-refractivity contribution in [1.82, 2.24) is 4.90 Å². The predicted molar refractivity (Wildman–Crippen MR) is 167 cm³/mol. The zero-order valence-corrected chi connectivity index (χ0v) is 28.1. The molecule has 258 valence electrons. The molecule has 5 saturated carbocycles. The molecule has 1 aromatic rings. The summed E-state index contributed by atoms with van der Waals surface area (Å²) in [5.41, 5.74) is -4.23. The second-order valence-electron chi connectivity index (χ2n) is 14.9. The molecule has 47 heavy (non-hydrogen) atoms. The van der Waals surface area contributed by atoms with E-state index in [4.69, 9.17) is 23.7 Å². The molecule has 5 aliphatic carbocycles. The highest BCUT2D eigenvalue weighted by Gasteiger charge is 2.92. The Morgan fingerprint density at radius 2 is 1.81 bits per heavy atom. The van der Waals surface area contributed by atoms with Crippen LogP contribution in [-0.4, -0.2) is 116 Å². The van der Waals surface area contributed by atoms with Gasteiger partial charge in [-0.1, -0.05) is 19.1 Å². The van der Waals surface area contributed by atoms with Crippen LogP contribution < -0.4 is 5.32 Å². The van der Waals surface area contributed by atoms with Crippen molar-refractivity contribution in [3.8, 4) is 0 Å². The van der Waals surface area contributed by atoms with Gasteiger partial charge in [0.15, 0.2) is 0 Å². The van der Waals surface area contributed by atoms with Gasteiger partial charge in [-0.05, 0) is 43.9 Å². The third kappa shape index (κ3) is 4.06. The van der Waals surface area contributed by atoms with Crippen LogP contribution in [0.15, 0.2) is 24.3 Å². The first-order chi connectivity index (χ1) is 22.4. The molecular formula is C35H48N2O10. The Labute approximate surface area is 275 Å². The average Bonchev–Trinajstić information content (AvgIpc) is 3.42. The molecule has 13 atom stereocenters. The lowest BCUT2D eigenvalue weighted by Gasteiger charge is -2.70. The molecule has 3 N–H and O–H groups in total. The molecule has 0 aromatic heterocycles. The fourth-order valence-corrected chi connectivity index (χ4v) is 12.3. The maximum absolute atomic E-state index is 13.7. The Kier molecular flexibility index (Phi) is 7.85. The number of nitrogens with one attached hydrogen (secondary N) is 1. The number of rotatable bonds is 9. The van der Waals surface area contributed by atoms with Crippen LogP contribution in [-0.2, 0) is 33.3 Å². The average molecular weight is 657 g/mol. The van der Waals surface area contributed by atoms with Crippen molar-refractivity contribution in [2.45, 2.75) is 88.1 Å². The molecule has 0 unspecified atom stereocenters. The number of benzene rings is 1. The summed E-state index contributed by atoms with van der Waals surface area (Å²) in [5.74, 6) is -2.57. The van der Waals surface area contributed by atoms with Gasteiger partial charge in [-0.3, -0.25) is 14.5 Å². The number of hydrogen-bond acceptors (Lipinski definition) is 11. The number of methoxy groups -OCH3 is 3. The van der Waals surface area contributed by atoms with E-state index in [-0.39, 0.29) is 48.4 Å². The lowest BCUT2D eigenvalue weighted by molar-refractivity contribution is -0.319. The van der Waals surface area contributed by atoms with Gasteiger partial charge in [0.25, 0.3) is 0 Å². The zero-order valence-electron chi connectivity index (χ0n) is 28.1. The molecule has 1 heterocycles. The number of carbonyl (C=O) groups is 3. The van der Waals surface area contributed by atoms with Gasteiger partial charge in [-0.2, -0.15) is 0 Å². The first-order valence-corrected chi connectivity index (χ1v) is 16.9. The summed E-state index contributed by atoms with van der Waals surface area (Å²) in [7, 11) is 4.89. The second kappa shape index (κ2) is 11.2. The van der Waals surface area contributed by atoms with E-state index in [0.717, 1.165) is 0 Å². The molecule has 12 nitrogen and oxygen atoms in total. The maximum Gasteiger partial charge on any atom is 0.340 e. The number of ether oxygens (including phenoxy) is 5. The molecule has 7 bridgehead atoms. The van der Waals surface area contributed by atoms with E-state index in [9.17, 15) is 24.6 Å². The van der Waals surface area contributed by atoms with Crippen LogP contribution >= 0.6 is 0 Å². The van der Waals surface area contributed by atoms with Crippen molar-refractivity contribution < 1.29 is 48.3 Å². The highest BCUT2D eigenvalue weighted by atomic mass is 16.6. The minimum Gasteiger partial charge on any atom is -0.462 e. The van der Waals surface area contributed by atoms with Crippen molar-refractivity contribution in [3.63, 3.8) is 0 Å². The molecule has 6 fully saturated rings. The van der Waals surface area contributed by atoms with Crippen LogP contribution in [0.2, 0.25) is 0 Å². The van der Waals surface area contributed by atoms with E-state index >= 15 is 0 Å². The monoisotopic (exact) mass is 656 g/mol. The zero-order chi connectivity index (χ0) is 33.7. The molecular weight excluding hydrogens is 608 g/mol. The van der Waals surface area contributed by atoms with Gasteiger partial charge in [-0.15, -0.1) is 0 Å². The Morgan fingerprint density at radius 3 is 2.45 bits per heavy atom. The smallest absolute Gasteiger partial charge is 0.340 e. The van der Waals surface area contributed by atoms with E-state index in [2.05, 4.69) is 10.2 Å². The maximum atomic E-state index is 13.7. The lowest BCUT2D eigenvalue weighted by atomic mass is 9.42. The number of amides is 1. The molecule has 7 rings (SSSR count). The van der Waals surface area contributed by atoms with Crippen molar-refractivity contribution in [2.24, 2.45) is 34.5 Å². The number of likely N-dealkylation sites (N-methyl/N-ethyl adjacent to an activating group) is 1.